The van der Waals surface area contributed by atoms with Crippen LogP contribution >= 0.6 is 0 Å². The maximum absolute atomic E-state index is 13.1. The molecule has 4 heteroatoms. The second kappa shape index (κ2) is 9.95. The first-order valence-electron chi connectivity index (χ1n) is 8.29. The van der Waals surface area contributed by atoms with Gasteiger partial charge in [-0.1, -0.05) is 42.3 Å². The topological polar surface area (TPSA) is 32.7 Å². The van der Waals surface area contributed by atoms with E-state index in [9.17, 15) is 9.50 Å². The molecule has 0 aromatic heterocycles. The minimum atomic E-state index is -0.641. The third-order valence-electron chi connectivity index (χ3n) is 3.94. The molecule has 0 bridgehead atoms. The van der Waals surface area contributed by atoms with Crippen LogP contribution in [-0.4, -0.2) is 35.9 Å². The van der Waals surface area contributed by atoms with Gasteiger partial charge in [-0.2, -0.15) is 0 Å². The molecule has 0 aliphatic carbocycles. The highest BCUT2D eigenvalue weighted by atomic mass is 19.1. The molecule has 1 N–H and O–H groups in total. The Morgan fingerprint density at radius 1 is 1.16 bits per heavy atom. The predicted molar refractivity (Wildman–Crippen MR) is 97.4 cm³/mol. The molecule has 132 valence electrons. The van der Waals surface area contributed by atoms with E-state index in [2.05, 4.69) is 29.9 Å². The monoisotopic (exact) mass is 341 g/mol. The number of terminal acetylenes is 1. The fourth-order valence-corrected chi connectivity index (χ4v) is 2.67. The number of rotatable bonds is 9. The van der Waals surface area contributed by atoms with Crippen molar-refractivity contribution >= 4 is 0 Å². The molecule has 2 aromatic carbocycles. The summed E-state index contributed by atoms with van der Waals surface area (Å²) in [4.78, 5) is 2.12. The van der Waals surface area contributed by atoms with Gasteiger partial charge in [0.25, 0.3) is 0 Å². The third kappa shape index (κ3) is 6.67. The zero-order chi connectivity index (χ0) is 18.1. The molecule has 0 saturated heterocycles. The molecular formula is C21H24FNO2. The highest BCUT2D eigenvalue weighted by Gasteiger charge is 2.14. The van der Waals surface area contributed by atoms with Gasteiger partial charge in [0.2, 0.25) is 0 Å². The summed E-state index contributed by atoms with van der Waals surface area (Å²) in [6.07, 6.45) is 4.51. The molecule has 0 spiro atoms. The van der Waals surface area contributed by atoms with Gasteiger partial charge in [-0.3, -0.25) is 4.90 Å². The predicted octanol–water partition coefficient (Wildman–Crippen LogP) is 3.15. The summed E-state index contributed by atoms with van der Waals surface area (Å²) in [5.41, 5.74) is 3.39. The summed E-state index contributed by atoms with van der Waals surface area (Å²) in [5.74, 6) is 2.13. The molecule has 3 nitrogen and oxygen atoms in total. The highest BCUT2D eigenvalue weighted by Crippen LogP contribution is 2.14. The molecule has 2 rings (SSSR count). The lowest BCUT2D eigenvalue weighted by Crippen LogP contribution is -2.34. The normalized spacial score (nSPS) is 12.1. The molecule has 25 heavy (non-hydrogen) atoms. The second-order valence-corrected chi connectivity index (χ2v) is 6.10. The fraction of sp³-hybridized carbons (Fsp3) is 0.333. The highest BCUT2D eigenvalue weighted by molar-refractivity contribution is 5.25. The van der Waals surface area contributed by atoms with Gasteiger partial charge in [-0.15, -0.1) is 6.42 Å². The Hall–Kier alpha value is -2.19. The van der Waals surface area contributed by atoms with Gasteiger partial charge in [0, 0.05) is 19.6 Å². The smallest absolute Gasteiger partial charge is 0.123 e. The zero-order valence-corrected chi connectivity index (χ0v) is 14.5. The fourth-order valence-electron chi connectivity index (χ4n) is 2.67. The molecular weight excluding hydrogens is 317 g/mol. The Balaban J connectivity index is 2.06. The van der Waals surface area contributed by atoms with E-state index in [0.717, 1.165) is 5.56 Å². The van der Waals surface area contributed by atoms with Crippen LogP contribution in [0.4, 0.5) is 4.39 Å². The first-order chi connectivity index (χ1) is 12.1. The Morgan fingerprint density at radius 2 is 1.88 bits per heavy atom. The number of aliphatic hydroxyl groups excluding tert-OH is 1. The quantitative estimate of drug-likeness (QED) is 0.562. The average Bonchev–Trinajstić information content (AvgIpc) is 2.59. The summed E-state index contributed by atoms with van der Waals surface area (Å²) in [7, 11) is 0. The molecule has 0 aliphatic heterocycles. The van der Waals surface area contributed by atoms with Gasteiger partial charge in [0.15, 0.2) is 0 Å². The van der Waals surface area contributed by atoms with Crippen molar-refractivity contribution in [1.29, 1.82) is 0 Å². The maximum atomic E-state index is 13.1. The van der Waals surface area contributed by atoms with Crippen LogP contribution in [0.15, 0.2) is 48.5 Å². The summed E-state index contributed by atoms with van der Waals surface area (Å²) in [6, 6.07) is 14.6. The van der Waals surface area contributed by atoms with Crippen LogP contribution in [0.1, 0.15) is 16.7 Å². The molecule has 2 aromatic rings. The van der Waals surface area contributed by atoms with E-state index < -0.39 is 6.10 Å². The standard InChI is InChI=1S/C21H24FNO2/c1-3-12-25-16-21(24)15-23(13-18-8-10-20(22)11-9-18)14-19-7-5-4-6-17(19)2/h1,4-11,21,24H,12-16H2,2H3/t21-/m0/s1. The van der Waals surface area contributed by atoms with Crippen LogP contribution in [0.25, 0.3) is 0 Å². The Kier molecular flexibility index (Phi) is 7.62. The molecule has 0 aliphatic rings. The van der Waals surface area contributed by atoms with Gasteiger partial charge in [0.1, 0.15) is 12.4 Å². The summed E-state index contributed by atoms with van der Waals surface area (Å²) in [5, 5.41) is 10.2. The van der Waals surface area contributed by atoms with E-state index in [1.165, 1.54) is 23.3 Å². The van der Waals surface area contributed by atoms with E-state index in [4.69, 9.17) is 11.2 Å². The van der Waals surface area contributed by atoms with Crippen molar-refractivity contribution in [2.24, 2.45) is 0 Å². The van der Waals surface area contributed by atoms with E-state index in [-0.39, 0.29) is 19.0 Å². The van der Waals surface area contributed by atoms with Gasteiger partial charge in [0.05, 0.1) is 12.7 Å². The number of halogens is 1. The minimum absolute atomic E-state index is 0.187. The van der Waals surface area contributed by atoms with Crippen LogP contribution in [0.3, 0.4) is 0 Å². The lowest BCUT2D eigenvalue weighted by molar-refractivity contribution is 0.0243. The molecule has 0 unspecified atom stereocenters. The van der Waals surface area contributed by atoms with Gasteiger partial charge in [-0.25, -0.2) is 4.39 Å². The van der Waals surface area contributed by atoms with Crippen molar-refractivity contribution in [2.45, 2.75) is 26.1 Å². The molecule has 0 fully saturated rings. The Bertz CT molecular complexity index is 694. The number of aliphatic hydroxyl groups is 1. The van der Waals surface area contributed by atoms with Crippen molar-refractivity contribution in [3.8, 4) is 12.3 Å². The van der Waals surface area contributed by atoms with Gasteiger partial charge < -0.3 is 9.84 Å². The van der Waals surface area contributed by atoms with Crippen LogP contribution in [0.2, 0.25) is 0 Å². The van der Waals surface area contributed by atoms with Crippen molar-refractivity contribution in [2.75, 3.05) is 19.8 Å². The maximum Gasteiger partial charge on any atom is 0.123 e. The first-order valence-corrected chi connectivity index (χ1v) is 8.29. The Morgan fingerprint density at radius 3 is 2.56 bits per heavy atom. The summed E-state index contributed by atoms with van der Waals surface area (Å²) in [6.45, 7) is 4.19. The number of hydrogen-bond donors (Lipinski definition) is 1. The second-order valence-electron chi connectivity index (χ2n) is 6.10. The summed E-state index contributed by atoms with van der Waals surface area (Å²) >= 11 is 0. The number of benzene rings is 2. The van der Waals surface area contributed by atoms with Crippen LogP contribution in [0, 0.1) is 25.1 Å². The van der Waals surface area contributed by atoms with E-state index in [1.807, 2.05) is 12.1 Å². The van der Waals surface area contributed by atoms with Gasteiger partial charge in [-0.05, 0) is 35.7 Å². The van der Waals surface area contributed by atoms with Crippen LogP contribution < -0.4 is 0 Å². The number of ether oxygens (including phenoxy) is 1. The number of nitrogens with zero attached hydrogens (tertiary/aromatic N) is 1. The van der Waals surface area contributed by atoms with Crippen LogP contribution in [0.5, 0.6) is 0 Å². The van der Waals surface area contributed by atoms with E-state index >= 15 is 0 Å². The molecule has 0 heterocycles. The lowest BCUT2D eigenvalue weighted by Gasteiger charge is -2.26. The largest absolute Gasteiger partial charge is 0.389 e. The number of aryl methyl sites for hydroxylation is 1. The Labute approximate surface area is 149 Å². The first kappa shape index (κ1) is 19.1. The van der Waals surface area contributed by atoms with Crippen molar-refractivity contribution in [1.82, 2.24) is 4.90 Å². The average molecular weight is 341 g/mol. The number of hydrogen-bond acceptors (Lipinski definition) is 3. The molecule has 0 amide bonds. The zero-order valence-electron chi connectivity index (χ0n) is 14.5. The lowest BCUT2D eigenvalue weighted by atomic mass is 10.1. The van der Waals surface area contributed by atoms with Gasteiger partial charge >= 0.3 is 0 Å². The summed E-state index contributed by atoms with van der Waals surface area (Å²) < 4.78 is 18.3. The third-order valence-corrected chi connectivity index (χ3v) is 3.94. The molecule has 0 radical (unpaired) electrons. The van der Waals surface area contributed by atoms with E-state index in [0.29, 0.717) is 19.6 Å². The van der Waals surface area contributed by atoms with Crippen molar-refractivity contribution < 1.29 is 14.2 Å². The van der Waals surface area contributed by atoms with Crippen molar-refractivity contribution in [3.63, 3.8) is 0 Å². The molecule has 0 saturated carbocycles. The van der Waals surface area contributed by atoms with E-state index in [1.54, 1.807) is 12.1 Å². The molecule has 1 atom stereocenters. The van der Waals surface area contributed by atoms with Crippen molar-refractivity contribution in [3.05, 3.63) is 71.0 Å². The minimum Gasteiger partial charge on any atom is -0.389 e. The SMILES string of the molecule is C#CCOC[C@@H](O)CN(Cc1ccc(F)cc1)Cc1ccccc1C. The van der Waals surface area contributed by atoms with Crippen LogP contribution in [-0.2, 0) is 17.8 Å².